The number of ether oxygens (including phenoxy) is 1. The van der Waals surface area contributed by atoms with Crippen molar-refractivity contribution in [2.75, 3.05) is 12.9 Å². The van der Waals surface area contributed by atoms with E-state index < -0.39 is 22.4 Å². The van der Waals surface area contributed by atoms with E-state index in [1.807, 2.05) is 6.92 Å². The fourth-order valence-electron chi connectivity index (χ4n) is 2.29. The van der Waals surface area contributed by atoms with Crippen LogP contribution in [-0.4, -0.2) is 39.2 Å². The van der Waals surface area contributed by atoms with Crippen molar-refractivity contribution in [3.8, 4) is 0 Å². The smallest absolute Gasteiger partial charge is 0.338 e. The number of esters is 1. The first-order chi connectivity index (χ1) is 11.6. The molecule has 0 aliphatic rings. The molecule has 1 rings (SSSR count). The predicted molar refractivity (Wildman–Crippen MR) is 96.1 cm³/mol. The van der Waals surface area contributed by atoms with Crippen LogP contribution in [0, 0.1) is 5.92 Å². The summed E-state index contributed by atoms with van der Waals surface area (Å²) in [5.41, 5.74) is 0.0979. The summed E-state index contributed by atoms with van der Waals surface area (Å²) in [6.45, 7) is 5.83. The van der Waals surface area contributed by atoms with Gasteiger partial charge in [0.15, 0.2) is 16.4 Å². The van der Waals surface area contributed by atoms with Gasteiger partial charge in [-0.2, -0.15) is 0 Å². The van der Waals surface area contributed by atoms with Crippen LogP contribution in [0.3, 0.4) is 0 Å². The number of hydrogen-bond acceptors (Lipinski definition) is 5. The molecule has 1 aromatic carbocycles. The van der Waals surface area contributed by atoms with Crippen molar-refractivity contribution in [2.45, 2.75) is 51.0 Å². The molecule has 0 radical (unpaired) electrons. The Hall–Kier alpha value is -1.89. The molecule has 1 N–H and O–H groups in total. The molecule has 0 saturated heterocycles. The van der Waals surface area contributed by atoms with E-state index in [0.29, 0.717) is 5.92 Å². The molecule has 6 nitrogen and oxygen atoms in total. The third kappa shape index (κ3) is 8.16. The Morgan fingerprint density at radius 1 is 1.16 bits per heavy atom. The Morgan fingerprint density at radius 2 is 1.84 bits per heavy atom. The summed E-state index contributed by atoms with van der Waals surface area (Å²) in [5.74, 6) is -0.468. The van der Waals surface area contributed by atoms with Gasteiger partial charge in [0.1, 0.15) is 0 Å². The third-order valence-electron chi connectivity index (χ3n) is 3.66. The van der Waals surface area contributed by atoms with Gasteiger partial charge in [0.25, 0.3) is 5.91 Å². The van der Waals surface area contributed by atoms with Gasteiger partial charge in [-0.15, -0.1) is 0 Å². The largest absolute Gasteiger partial charge is 0.452 e. The maximum Gasteiger partial charge on any atom is 0.338 e. The summed E-state index contributed by atoms with van der Waals surface area (Å²) in [4.78, 5) is 23.8. The maximum absolute atomic E-state index is 12.0. The van der Waals surface area contributed by atoms with E-state index in [4.69, 9.17) is 4.74 Å². The number of sulfone groups is 1. The average molecular weight is 369 g/mol. The molecule has 0 bridgehead atoms. The summed E-state index contributed by atoms with van der Waals surface area (Å²) in [6, 6.07) is 5.56. The molecule has 0 spiro atoms. The summed E-state index contributed by atoms with van der Waals surface area (Å²) in [5, 5.41) is 2.78. The van der Waals surface area contributed by atoms with E-state index in [1.165, 1.54) is 24.3 Å². The minimum atomic E-state index is -3.41. The highest BCUT2D eigenvalue weighted by Crippen LogP contribution is 2.12. The highest BCUT2D eigenvalue weighted by Gasteiger charge is 2.15. The number of carbonyl (C=O) groups excluding carboxylic acids is 2. The van der Waals surface area contributed by atoms with Crippen LogP contribution in [0.2, 0.25) is 0 Å². The molecule has 25 heavy (non-hydrogen) atoms. The molecule has 1 amide bonds. The lowest BCUT2D eigenvalue weighted by molar-refractivity contribution is -0.124. The molecule has 1 aromatic rings. The molecule has 1 unspecified atom stereocenters. The predicted octanol–water partition coefficient (Wildman–Crippen LogP) is 2.58. The van der Waals surface area contributed by atoms with E-state index in [1.54, 1.807) is 0 Å². The van der Waals surface area contributed by atoms with Crippen LogP contribution in [0.5, 0.6) is 0 Å². The first-order valence-electron chi connectivity index (χ1n) is 8.36. The van der Waals surface area contributed by atoms with Crippen LogP contribution in [0.1, 0.15) is 50.4 Å². The van der Waals surface area contributed by atoms with E-state index >= 15 is 0 Å². The van der Waals surface area contributed by atoms with Gasteiger partial charge in [-0.1, -0.05) is 32.8 Å². The van der Waals surface area contributed by atoms with Crippen LogP contribution in [0.25, 0.3) is 0 Å². The van der Waals surface area contributed by atoms with Crippen molar-refractivity contribution in [1.82, 2.24) is 5.32 Å². The normalized spacial score (nSPS) is 12.7. The topological polar surface area (TPSA) is 89.5 Å². The number of amides is 1. The lowest BCUT2D eigenvalue weighted by atomic mass is 10.0. The van der Waals surface area contributed by atoms with Gasteiger partial charge in [-0.3, -0.25) is 4.79 Å². The second kappa shape index (κ2) is 9.56. The van der Waals surface area contributed by atoms with E-state index in [-0.39, 0.29) is 22.4 Å². The van der Waals surface area contributed by atoms with Crippen molar-refractivity contribution < 1.29 is 22.7 Å². The Balaban J connectivity index is 2.47. The second-order valence-electron chi connectivity index (χ2n) is 6.67. The standard InChI is InChI=1S/C18H27NO5S/c1-13(2)7-5-8-14(3)19-17(20)12-24-18(21)15-9-6-10-16(11-15)25(4,22)23/h6,9-11,13-14H,5,7-8,12H2,1-4H3,(H,19,20). The van der Waals surface area contributed by atoms with Gasteiger partial charge in [-0.05, 0) is 37.5 Å². The highest BCUT2D eigenvalue weighted by atomic mass is 32.2. The molecule has 140 valence electrons. The summed E-state index contributed by atoms with van der Waals surface area (Å²) in [6.07, 6.45) is 4.06. The number of benzene rings is 1. The summed E-state index contributed by atoms with van der Waals surface area (Å²) >= 11 is 0. The molecule has 0 aliphatic heterocycles. The van der Waals surface area contributed by atoms with E-state index in [0.717, 1.165) is 25.5 Å². The van der Waals surface area contributed by atoms with Gasteiger partial charge < -0.3 is 10.1 Å². The van der Waals surface area contributed by atoms with Crippen LogP contribution in [0.15, 0.2) is 29.2 Å². The zero-order valence-corrected chi connectivity index (χ0v) is 16.1. The van der Waals surface area contributed by atoms with Crippen molar-refractivity contribution in [3.05, 3.63) is 29.8 Å². The number of hydrogen-bond donors (Lipinski definition) is 1. The lowest BCUT2D eigenvalue weighted by Gasteiger charge is -2.14. The first kappa shape index (κ1) is 21.2. The molecular weight excluding hydrogens is 342 g/mol. The summed E-state index contributed by atoms with van der Waals surface area (Å²) in [7, 11) is -3.41. The van der Waals surface area contributed by atoms with Gasteiger partial charge in [0.05, 0.1) is 10.5 Å². The average Bonchev–Trinajstić information content (AvgIpc) is 2.51. The maximum atomic E-state index is 12.0. The number of nitrogens with one attached hydrogen (secondary N) is 1. The van der Waals surface area contributed by atoms with E-state index in [2.05, 4.69) is 19.2 Å². The van der Waals surface area contributed by atoms with Gasteiger partial charge in [-0.25, -0.2) is 13.2 Å². The van der Waals surface area contributed by atoms with Crippen molar-refractivity contribution in [1.29, 1.82) is 0 Å². The fraction of sp³-hybridized carbons (Fsp3) is 0.556. The van der Waals surface area contributed by atoms with Crippen molar-refractivity contribution >= 4 is 21.7 Å². The SMILES string of the molecule is CC(C)CCCC(C)NC(=O)COC(=O)c1cccc(S(C)(=O)=O)c1. The Bertz CT molecular complexity index is 697. The number of rotatable bonds is 9. The minimum absolute atomic E-state index is 0.0125. The Morgan fingerprint density at radius 3 is 2.44 bits per heavy atom. The fourth-order valence-corrected chi connectivity index (χ4v) is 2.96. The third-order valence-corrected chi connectivity index (χ3v) is 4.77. The quantitative estimate of drug-likeness (QED) is 0.676. The lowest BCUT2D eigenvalue weighted by Crippen LogP contribution is -2.35. The highest BCUT2D eigenvalue weighted by molar-refractivity contribution is 7.90. The second-order valence-corrected chi connectivity index (χ2v) is 8.69. The zero-order valence-electron chi connectivity index (χ0n) is 15.2. The van der Waals surface area contributed by atoms with Crippen LogP contribution >= 0.6 is 0 Å². The minimum Gasteiger partial charge on any atom is -0.452 e. The zero-order chi connectivity index (χ0) is 19.0. The van der Waals surface area contributed by atoms with E-state index in [9.17, 15) is 18.0 Å². The van der Waals surface area contributed by atoms with Crippen LogP contribution in [0.4, 0.5) is 0 Å². The Labute approximate surface area is 149 Å². The van der Waals surface area contributed by atoms with Gasteiger partial charge >= 0.3 is 5.97 Å². The molecule has 1 atom stereocenters. The molecule has 0 heterocycles. The molecule has 7 heteroatoms. The molecule has 0 aliphatic carbocycles. The van der Waals surface area contributed by atoms with Crippen LogP contribution in [-0.2, 0) is 19.4 Å². The molecule has 0 saturated carbocycles. The Kier molecular flexibility index (Phi) is 8.09. The van der Waals surface area contributed by atoms with Gasteiger partial charge in [0.2, 0.25) is 0 Å². The number of carbonyl (C=O) groups is 2. The summed E-state index contributed by atoms with van der Waals surface area (Å²) < 4.78 is 28.0. The van der Waals surface area contributed by atoms with Crippen LogP contribution < -0.4 is 5.32 Å². The molecule has 0 aromatic heterocycles. The first-order valence-corrected chi connectivity index (χ1v) is 10.3. The monoisotopic (exact) mass is 369 g/mol. The van der Waals surface area contributed by atoms with Crippen molar-refractivity contribution in [3.63, 3.8) is 0 Å². The molecular formula is C18H27NO5S. The van der Waals surface area contributed by atoms with Gasteiger partial charge in [0, 0.05) is 12.3 Å². The van der Waals surface area contributed by atoms with Crippen molar-refractivity contribution in [2.24, 2.45) is 5.92 Å². The molecule has 0 fully saturated rings.